The highest BCUT2D eigenvalue weighted by molar-refractivity contribution is 5.86. The molecular formula is C7H11N3O4. The highest BCUT2D eigenvalue weighted by Crippen LogP contribution is 1.95. The molecule has 0 amide bonds. The number of aliphatic hydroxyl groups excluding tert-OH is 1. The zero-order valence-electron chi connectivity index (χ0n) is 7.71. The molecule has 1 rings (SSSR count). The van der Waals surface area contributed by atoms with Gasteiger partial charge in [0.2, 0.25) is 0 Å². The summed E-state index contributed by atoms with van der Waals surface area (Å²) in [7, 11) is 1.27. The third-order valence-electron chi connectivity index (χ3n) is 1.39. The van der Waals surface area contributed by atoms with Crippen LogP contribution < -0.4 is 0 Å². The third kappa shape index (κ3) is 2.79. The van der Waals surface area contributed by atoms with Crippen molar-refractivity contribution in [1.29, 1.82) is 0 Å². The van der Waals surface area contributed by atoms with Gasteiger partial charge in [-0.1, -0.05) is 5.21 Å². The predicted molar refractivity (Wildman–Crippen MR) is 44.4 cm³/mol. The summed E-state index contributed by atoms with van der Waals surface area (Å²) in [6.07, 6.45) is 1.41. The fourth-order valence-electron chi connectivity index (χ4n) is 0.782. The topological polar surface area (TPSA) is 86.5 Å². The van der Waals surface area contributed by atoms with Gasteiger partial charge < -0.3 is 14.6 Å². The molecule has 1 heterocycles. The summed E-state index contributed by atoms with van der Waals surface area (Å²) in [6, 6.07) is 0. The number of carbonyl (C=O) groups is 1. The Kier molecular flexibility index (Phi) is 4.02. The number of hydrogen-bond acceptors (Lipinski definition) is 6. The number of aliphatic hydroxyl groups is 1. The summed E-state index contributed by atoms with van der Waals surface area (Å²) in [6.45, 7) is 0.302. The van der Waals surface area contributed by atoms with E-state index in [1.807, 2.05) is 0 Å². The summed E-state index contributed by atoms with van der Waals surface area (Å²) in [4.78, 5) is 10.9. The number of ether oxygens (including phenoxy) is 2. The molecule has 0 radical (unpaired) electrons. The standard InChI is InChI=1S/C7H11N3O4/c1-13-7(12)6-4-10(9-8-6)5-14-3-2-11/h4,11H,2-3,5H2,1H3. The van der Waals surface area contributed by atoms with Gasteiger partial charge >= 0.3 is 5.97 Å². The monoisotopic (exact) mass is 201 g/mol. The third-order valence-corrected chi connectivity index (χ3v) is 1.39. The Morgan fingerprint density at radius 3 is 3.14 bits per heavy atom. The molecule has 0 saturated carbocycles. The molecule has 0 aliphatic heterocycles. The first-order valence-corrected chi connectivity index (χ1v) is 3.95. The average molecular weight is 201 g/mol. The van der Waals surface area contributed by atoms with Gasteiger partial charge in [-0.15, -0.1) is 5.10 Å². The van der Waals surface area contributed by atoms with Gasteiger partial charge in [-0.25, -0.2) is 9.48 Å². The van der Waals surface area contributed by atoms with E-state index in [1.54, 1.807) is 0 Å². The Bertz CT molecular complexity index is 299. The summed E-state index contributed by atoms with van der Waals surface area (Å²) in [5.74, 6) is -0.543. The Morgan fingerprint density at radius 1 is 1.71 bits per heavy atom. The fourth-order valence-corrected chi connectivity index (χ4v) is 0.782. The van der Waals surface area contributed by atoms with Crippen molar-refractivity contribution in [2.24, 2.45) is 0 Å². The number of nitrogens with zero attached hydrogens (tertiary/aromatic N) is 3. The van der Waals surface area contributed by atoms with Crippen LogP contribution in [-0.4, -0.2) is 46.4 Å². The Balaban J connectivity index is 2.46. The molecule has 1 aromatic heterocycles. The van der Waals surface area contributed by atoms with Gasteiger partial charge in [0.1, 0.15) is 6.73 Å². The maximum absolute atomic E-state index is 10.9. The summed E-state index contributed by atoms with van der Waals surface area (Å²) < 4.78 is 10.7. The van der Waals surface area contributed by atoms with Crippen molar-refractivity contribution in [2.45, 2.75) is 6.73 Å². The van der Waals surface area contributed by atoms with Crippen molar-refractivity contribution in [3.8, 4) is 0 Å². The molecule has 0 aliphatic rings. The minimum Gasteiger partial charge on any atom is -0.464 e. The van der Waals surface area contributed by atoms with E-state index < -0.39 is 5.97 Å². The van der Waals surface area contributed by atoms with E-state index in [0.717, 1.165) is 0 Å². The van der Waals surface area contributed by atoms with E-state index >= 15 is 0 Å². The van der Waals surface area contributed by atoms with Crippen molar-refractivity contribution >= 4 is 5.97 Å². The molecule has 0 fully saturated rings. The largest absolute Gasteiger partial charge is 0.464 e. The Morgan fingerprint density at radius 2 is 2.50 bits per heavy atom. The maximum atomic E-state index is 10.9. The molecule has 7 heteroatoms. The van der Waals surface area contributed by atoms with Crippen LogP contribution in [0.1, 0.15) is 10.5 Å². The van der Waals surface area contributed by atoms with Gasteiger partial charge in [0, 0.05) is 0 Å². The van der Waals surface area contributed by atoms with Crippen molar-refractivity contribution in [2.75, 3.05) is 20.3 Å². The molecule has 0 unspecified atom stereocenters. The number of rotatable bonds is 5. The molecule has 0 bridgehead atoms. The van der Waals surface area contributed by atoms with Crippen LogP contribution in [0, 0.1) is 0 Å². The lowest BCUT2D eigenvalue weighted by atomic mass is 10.5. The van der Waals surface area contributed by atoms with E-state index in [-0.39, 0.29) is 25.6 Å². The lowest BCUT2D eigenvalue weighted by Gasteiger charge is -1.99. The van der Waals surface area contributed by atoms with Gasteiger partial charge in [-0.05, 0) is 0 Å². The molecule has 78 valence electrons. The first-order chi connectivity index (χ1) is 6.77. The molecule has 0 aliphatic carbocycles. The van der Waals surface area contributed by atoms with E-state index in [2.05, 4.69) is 15.0 Å². The van der Waals surface area contributed by atoms with Crippen LogP contribution in [-0.2, 0) is 16.2 Å². The van der Waals surface area contributed by atoms with Crippen molar-refractivity contribution in [3.63, 3.8) is 0 Å². The van der Waals surface area contributed by atoms with Crippen molar-refractivity contribution < 1.29 is 19.4 Å². The Hall–Kier alpha value is -1.47. The van der Waals surface area contributed by atoms with Crippen LogP contribution in [0.3, 0.4) is 0 Å². The second kappa shape index (κ2) is 5.30. The fraction of sp³-hybridized carbons (Fsp3) is 0.571. The lowest BCUT2D eigenvalue weighted by molar-refractivity contribution is 0.0409. The van der Waals surface area contributed by atoms with Gasteiger partial charge in [-0.2, -0.15) is 0 Å². The first kappa shape index (κ1) is 10.6. The highest BCUT2D eigenvalue weighted by Gasteiger charge is 2.09. The van der Waals surface area contributed by atoms with Crippen LogP contribution in [0.5, 0.6) is 0 Å². The molecule has 1 aromatic rings. The molecule has 7 nitrogen and oxygen atoms in total. The summed E-state index contributed by atoms with van der Waals surface area (Å²) in [5, 5.41) is 15.6. The molecule has 0 atom stereocenters. The minimum absolute atomic E-state index is 0.0570. The first-order valence-electron chi connectivity index (χ1n) is 3.95. The normalized spacial score (nSPS) is 10.1. The van der Waals surface area contributed by atoms with Crippen LogP contribution in [0.4, 0.5) is 0 Å². The minimum atomic E-state index is -0.543. The second-order valence-electron chi connectivity index (χ2n) is 2.40. The number of hydrogen-bond donors (Lipinski definition) is 1. The smallest absolute Gasteiger partial charge is 0.360 e. The van der Waals surface area contributed by atoms with Gasteiger partial charge in [0.05, 0.1) is 26.5 Å². The quantitative estimate of drug-likeness (QED) is 0.487. The number of methoxy groups -OCH3 is 1. The van der Waals surface area contributed by atoms with Crippen LogP contribution >= 0.6 is 0 Å². The summed E-state index contributed by atoms with van der Waals surface area (Å²) >= 11 is 0. The maximum Gasteiger partial charge on any atom is 0.360 e. The molecule has 1 N–H and O–H groups in total. The number of aromatic nitrogens is 3. The van der Waals surface area contributed by atoms with Gasteiger partial charge in [0.15, 0.2) is 5.69 Å². The van der Waals surface area contributed by atoms with Crippen LogP contribution in [0.15, 0.2) is 6.20 Å². The lowest BCUT2D eigenvalue weighted by Crippen LogP contribution is -2.06. The van der Waals surface area contributed by atoms with Crippen LogP contribution in [0.2, 0.25) is 0 Å². The zero-order valence-corrected chi connectivity index (χ0v) is 7.71. The number of esters is 1. The molecule has 0 saturated heterocycles. The molecular weight excluding hydrogens is 190 g/mol. The van der Waals surface area contributed by atoms with Gasteiger partial charge in [0.25, 0.3) is 0 Å². The second-order valence-corrected chi connectivity index (χ2v) is 2.40. The molecule has 0 aromatic carbocycles. The highest BCUT2D eigenvalue weighted by atomic mass is 16.5. The zero-order chi connectivity index (χ0) is 10.4. The van der Waals surface area contributed by atoms with E-state index in [0.29, 0.717) is 0 Å². The van der Waals surface area contributed by atoms with Crippen LogP contribution in [0.25, 0.3) is 0 Å². The van der Waals surface area contributed by atoms with Crippen molar-refractivity contribution in [1.82, 2.24) is 15.0 Å². The van der Waals surface area contributed by atoms with E-state index in [1.165, 1.54) is 18.0 Å². The van der Waals surface area contributed by atoms with Gasteiger partial charge in [-0.3, -0.25) is 0 Å². The SMILES string of the molecule is COC(=O)c1cn(COCCO)nn1. The van der Waals surface area contributed by atoms with E-state index in [4.69, 9.17) is 9.84 Å². The predicted octanol–water partition coefficient (Wildman–Crippen LogP) is -0.969. The molecule has 0 spiro atoms. The summed E-state index contributed by atoms with van der Waals surface area (Å²) in [5.41, 5.74) is 0.125. The molecule has 14 heavy (non-hydrogen) atoms. The Labute approximate surface area is 80.2 Å². The average Bonchev–Trinajstić information content (AvgIpc) is 2.66. The van der Waals surface area contributed by atoms with Crippen molar-refractivity contribution in [3.05, 3.63) is 11.9 Å². The number of carbonyl (C=O) groups excluding carboxylic acids is 1. The van der Waals surface area contributed by atoms with E-state index in [9.17, 15) is 4.79 Å².